The third kappa shape index (κ3) is 5.40. The molecule has 5 amide bonds. The number of hydrogen-bond donors (Lipinski definition) is 3. The highest BCUT2D eigenvalue weighted by molar-refractivity contribution is 6.17. The Kier molecular flexibility index (Phi) is 7.74. The van der Waals surface area contributed by atoms with Gasteiger partial charge in [-0.1, -0.05) is 24.3 Å². The molecule has 15 heteroatoms. The van der Waals surface area contributed by atoms with Crippen LogP contribution in [0.5, 0.6) is 0 Å². The molecule has 0 radical (unpaired) electrons. The third-order valence-electron chi connectivity index (χ3n) is 7.84. The average molecular weight is 615 g/mol. The molecule has 1 aliphatic carbocycles. The van der Waals surface area contributed by atoms with Gasteiger partial charge < -0.3 is 15.5 Å². The molecule has 0 bridgehead atoms. The molecule has 1 aliphatic heterocycles. The molecule has 230 valence electrons. The predicted molar refractivity (Wildman–Crippen MR) is 145 cm³/mol. The SMILES string of the molecule is CNC(=O)Cc1n[nH]cc1-c1ccc2c(c1)C(=O)CC21NC(=O)N(CC(=O)N(Cc2ccc(F)cc2)[C@@H](C)C(F)(F)F)C1=O. The van der Waals surface area contributed by atoms with E-state index in [1.165, 1.54) is 31.3 Å². The van der Waals surface area contributed by atoms with Crippen LogP contribution in [0.2, 0.25) is 0 Å². The highest BCUT2D eigenvalue weighted by atomic mass is 19.4. The van der Waals surface area contributed by atoms with Crippen LogP contribution in [-0.2, 0) is 32.9 Å². The first-order chi connectivity index (χ1) is 20.7. The molecule has 3 aromatic rings. The lowest BCUT2D eigenvalue weighted by Crippen LogP contribution is -2.51. The second kappa shape index (κ2) is 11.2. The summed E-state index contributed by atoms with van der Waals surface area (Å²) in [7, 11) is 1.48. The van der Waals surface area contributed by atoms with Crippen molar-refractivity contribution in [1.29, 1.82) is 0 Å². The van der Waals surface area contributed by atoms with Crippen molar-refractivity contribution < 1.29 is 41.5 Å². The van der Waals surface area contributed by atoms with Crippen LogP contribution in [0.4, 0.5) is 22.4 Å². The molecule has 2 aromatic carbocycles. The lowest BCUT2D eigenvalue weighted by molar-refractivity contribution is -0.187. The Balaban J connectivity index is 1.41. The van der Waals surface area contributed by atoms with E-state index in [9.17, 15) is 41.5 Å². The van der Waals surface area contributed by atoms with E-state index in [1.807, 2.05) is 0 Å². The van der Waals surface area contributed by atoms with Gasteiger partial charge in [0.1, 0.15) is 18.4 Å². The van der Waals surface area contributed by atoms with Crippen molar-refractivity contribution in [2.45, 2.75) is 44.1 Å². The van der Waals surface area contributed by atoms with E-state index in [4.69, 9.17) is 0 Å². The van der Waals surface area contributed by atoms with Crippen LogP contribution in [-0.4, -0.2) is 75.3 Å². The summed E-state index contributed by atoms with van der Waals surface area (Å²) in [6.07, 6.45) is -3.79. The first kappa shape index (κ1) is 30.4. The highest BCUT2D eigenvalue weighted by Gasteiger charge is 2.58. The van der Waals surface area contributed by atoms with E-state index in [2.05, 4.69) is 20.8 Å². The molecule has 1 unspecified atom stereocenters. The molecule has 2 aliphatic rings. The minimum absolute atomic E-state index is 0.0348. The van der Waals surface area contributed by atoms with E-state index in [0.29, 0.717) is 26.6 Å². The fourth-order valence-corrected chi connectivity index (χ4v) is 5.39. The van der Waals surface area contributed by atoms with Crippen LogP contribution in [0.3, 0.4) is 0 Å². The van der Waals surface area contributed by atoms with Crippen LogP contribution in [0.25, 0.3) is 11.1 Å². The van der Waals surface area contributed by atoms with E-state index >= 15 is 0 Å². The van der Waals surface area contributed by atoms with E-state index in [0.717, 1.165) is 19.1 Å². The number of carbonyl (C=O) groups is 5. The van der Waals surface area contributed by atoms with Gasteiger partial charge in [-0.25, -0.2) is 9.18 Å². The summed E-state index contributed by atoms with van der Waals surface area (Å²) in [6, 6.07) is 5.74. The van der Waals surface area contributed by atoms with Gasteiger partial charge in [0.15, 0.2) is 11.3 Å². The molecular formula is C29H26F4N6O5. The standard InChI is InChI=1S/C29H26F4N6O5/c1-15(29(31,32)33)38(13-16-3-6-18(30)7-4-16)25(42)14-39-26(43)28(36-27(39)44)11-23(40)19-9-17(5-8-21(19)28)20-12-35-37-22(20)10-24(41)34-2/h3-9,12,15H,10-11,13-14H2,1-2H3,(H,34,41)(H,35,37)(H,36,44)/t15-,28?/m0/s1. The highest BCUT2D eigenvalue weighted by Crippen LogP contribution is 2.43. The number of alkyl halides is 3. The number of Topliss-reactive ketones (excluding diaryl/α,β-unsaturated/α-hetero) is 1. The lowest BCUT2D eigenvalue weighted by Gasteiger charge is -2.32. The van der Waals surface area contributed by atoms with Gasteiger partial charge in [0.25, 0.3) is 5.91 Å². The fourth-order valence-electron chi connectivity index (χ4n) is 5.39. The number of likely N-dealkylation sites (N-methyl/N-ethyl adjacent to an activating group) is 1. The molecule has 1 saturated heterocycles. The number of benzene rings is 2. The molecule has 2 heterocycles. The van der Waals surface area contributed by atoms with E-state index in [1.54, 1.807) is 12.3 Å². The molecule has 2 atom stereocenters. The topological polar surface area (TPSA) is 145 Å². The van der Waals surface area contributed by atoms with Crippen LogP contribution in [0.1, 0.15) is 40.5 Å². The molecule has 5 rings (SSSR count). The Morgan fingerprint density at radius 1 is 1.11 bits per heavy atom. The Bertz CT molecular complexity index is 1670. The van der Waals surface area contributed by atoms with Gasteiger partial charge >= 0.3 is 12.2 Å². The monoisotopic (exact) mass is 614 g/mol. The number of aromatic amines is 1. The quantitative estimate of drug-likeness (QED) is 0.263. The lowest BCUT2D eigenvalue weighted by atomic mass is 9.90. The number of amides is 5. The van der Waals surface area contributed by atoms with Crippen molar-refractivity contribution in [3.63, 3.8) is 0 Å². The first-order valence-electron chi connectivity index (χ1n) is 13.4. The molecule has 1 aromatic heterocycles. The van der Waals surface area contributed by atoms with Crippen molar-refractivity contribution in [1.82, 2.24) is 30.6 Å². The van der Waals surface area contributed by atoms with Gasteiger partial charge in [-0.05, 0) is 41.8 Å². The van der Waals surface area contributed by atoms with Crippen molar-refractivity contribution in [3.05, 3.63) is 76.9 Å². The van der Waals surface area contributed by atoms with Crippen molar-refractivity contribution in [3.8, 4) is 11.1 Å². The number of halogens is 4. The van der Waals surface area contributed by atoms with Gasteiger partial charge in [-0.3, -0.25) is 29.2 Å². The average Bonchev–Trinajstić information content (AvgIpc) is 3.62. The second-order valence-electron chi connectivity index (χ2n) is 10.5. The van der Waals surface area contributed by atoms with Gasteiger partial charge in [0, 0.05) is 37.3 Å². The number of imide groups is 1. The number of aromatic nitrogens is 2. The Hall–Kier alpha value is -5.08. The molecule has 11 nitrogen and oxygen atoms in total. The zero-order chi connectivity index (χ0) is 32.0. The maximum absolute atomic E-state index is 13.7. The van der Waals surface area contributed by atoms with Gasteiger partial charge in [-0.15, -0.1) is 0 Å². The summed E-state index contributed by atoms with van der Waals surface area (Å²) >= 11 is 0. The number of nitrogens with one attached hydrogen (secondary N) is 3. The molecular weight excluding hydrogens is 588 g/mol. The van der Waals surface area contributed by atoms with Crippen molar-refractivity contribution in [2.24, 2.45) is 0 Å². The number of nitrogens with zero attached hydrogens (tertiary/aromatic N) is 3. The summed E-state index contributed by atoms with van der Waals surface area (Å²) in [6.45, 7) is -0.819. The molecule has 1 spiro atoms. The Labute approximate surface area is 247 Å². The van der Waals surface area contributed by atoms with E-state index in [-0.39, 0.29) is 29.0 Å². The normalized spacial score (nSPS) is 18.4. The molecule has 44 heavy (non-hydrogen) atoms. The number of urea groups is 1. The maximum Gasteiger partial charge on any atom is 0.408 e. The Morgan fingerprint density at radius 2 is 1.82 bits per heavy atom. The minimum atomic E-state index is -4.84. The van der Waals surface area contributed by atoms with Crippen molar-refractivity contribution >= 4 is 29.5 Å². The number of H-pyrrole nitrogens is 1. The molecule has 3 N–H and O–H groups in total. The van der Waals surface area contributed by atoms with Crippen molar-refractivity contribution in [2.75, 3.05) is 13.6 Å². The van der Waals surface area contributed by atoms with Crippen LogP contribution < -0.4 is 10.6 Å². The molecule has 0 saturated carbocycles. The summed E-state index contributed by atoms with van der Waals surface area (Å²) in [4.78, 5) is 65.9. The number of carbonyl (C=O) groups excluding carboxylic acids is 5. The van der Waals surface area contributed by atoms with E-state index < -0.39 is 66.7 Å². The number of hydrogen-bond acceptors (Lipinski definition) is 6. The van der Waals surface area contributed by atoms with Crippen LogP contribution in [0.15, 0.2) is 48.7 Å². The zero-order valence-corrected chi connectivity index (χ0v) is 23.4. The summed E-state index contributed by atoms with van der Waals surface area (Å²) in [5.74, 6) is -3.52. The van der Waals surface area contributed by atoms with Gasteiger partial charge in [0.05, 0.1) is 12.1 Å². The summed E-state index contributed by atoms with van der Waals surface area (Å²) in [5, 5.41) is 11.7. The fraction of sp³-hybridized carbons (Fsp3) is 0.310. The Morgan fingerprint density at radius 3 is 2.48 bits per heavy atom. The summed E-state index contributed by atoms with van der Waals surface area (Å²) in [5.41, 5.74) is 0.121. The van der Waals surface area contributed by atoms with Gasteiger partial charge in [-0.2, -0.15) is 18.3 Å². The third-order valence-corrected chi connectivity index (χ3v) is 7.84. The van der Waals surface area contributed by atoms with Crippen LogP contribution in [0, 0.1) is 5.82 Å². The minimum Gasteiger partial charge on any atom is -0.359 e. The first-order valence-corrected chi connectivity index (χ1v) is 13.4. The largest absolute Gasteiger partial charge is 0.408 e. The van der Waals surface area contributed by atoms with Gasteiger partial charge in [0.2, 0.25) is 11.8 Å². The second-order valence-corrected chi connectivity index (χ2v) is 10.5. The van der Waals surface area contributed by atoms with Crippen LogP contribution >= 0.6 is 0 Å². The molecule has 1 fully saturated rings. The maximum atomic E-state index is 13.7. The number of rotatable bonds is 8. The number of fused-ring (bicyclic) bond motifs is 2. The zero-order valence-electron chi connectivity index (χ0n) is 23.4. The smallest absolute Gasteiger partial charge is 0.359 e. The summed E-state index contributed by atoms with van der Waals surface area (Å²) < 4.78 is 54.5. The predicted octanol–water partition coefficient (Wildman–Crippen LogP) is 2.82. The number of ketones is 1.